The van der Waals surface area contributed by atoms with Gasteiger partial charge in [-0.25, -0.2) is 4.79 Å². The van der Waals surface area contributed by atoms with Crippen molar-refractivity contribution < 1.29 is 24.1 Å². The maximum Gasteiger partial charge on any atom is 0.410 e. The molecule has 2 aliphatic rings. The summed E-state index contributed by atoms with van der Waals surface area (Å²) in [6.07, 6.45) is -1.82. The molecule has 1 amide bonds. The first-order valence-electron chi connectivity index (χ1n) is 9.15. The minimum atomic E-state index is -0.732. The summed E-state index contributed by atoms with van der Waals surface area (Å²) in [7, 11) is 0. The molecule has 0 spiro atoms. The minimum absolute atomic E-state index is 0.194. The van der Waals surface area contributed by atoms with E-state index in [1.807, 2.05) is 60.7 Å². The van der Waals surface area contributed by atoms with Crippen LogP contribution in [0.1, 0.15) is 11.1 Å². The lowest BCUT2D eigenvalue weighted by atomic mass is 10.1. The van der Waals surface area contributed by atoms with Crippen LogP contribution in [0.5, 0.6) is 0 Å². The quantitative estimate of drug-likeness (QED) is 0.876. The van der Waals surface area contributed by atoms with Crippen LogP contribution >= 0.6 is 0 Å². The van der Waals surface area contributed by atoms with Gasteiger partial charge < -0.3 is 19.3 Å². The minimum Gasteiger partial charge on any atom is -0.445 e. The number of aliphatic hydroxyl groups excluding tert-OH is 1. The Morgan fingerprint density at radius 3 is 2.33 bits per heavy atom. The number of aliphatic hydroxyl groups is 1. The van der Waals surface area contributed by atoms with Gasteiger partial charge in [-0.3, -0.25) is 4.90 Å². The maximum absolute atomic E-state index is 12.6. The van der Waals surface area contributed by atoms with Gasteiger partial charge >= 0.3 is 6.09 Å². The Kier molecular flexibility index (Phi) is 5.38. The molecule has 2 fully saturated rings. The van der Waals surface area contributed by atoms with Gasteiger partial charge in [-0.1, -0.05) is 60.7 Å². The maximum atomic E-state index is 12.6. The number of hydrogen-bond donors (Lipinski definition) is 1. The number of fused-ring (bicyclic) bond motifs is 1. The predicted molar refractivity (Wildman–Crippen MR) is 97.9 cm³/mol. The third-order valence-corrected chi connectivity index (χ3v) is 5.04. The highest BCUT2D eigenvalue weighted by atomic mass is 16.6. The van der Waals surface area contributed by atoms with Crippen molar-refractivity contribution in [1.29, 1.82) is 0 Å². The molecule has 2 aliphatic heterocycles. The third kappa shape index (κ3) is 3.98. The van der Waals surface area contributed by atoms with Crippen molar-refractivity contribution in [2.24, 2.45) is 0 Å². The van der Waals surface area contributed by atoms with E-state index < -0.39 is 18.2 Å². The van der Waals surface area contributed by atoms with Gasteiger partial charge in [0, 0.05) is 0 Å². The van der Waals surface area contributed by atoms with Crippen molar-refractivity contribution >= 4 is 6.09 Å². The molecule has 27 heavy (non-hydrogen) atoms. The molecular formula is C21H23NO5. The van der Waals surface area contributed by atoms with Crippen LogP contribution in [-0.4, -0.2) is 53.6 Å². The first-order chi connectivity index (χ1) is 13.2. The fraction of sp³-hybridized carbons (Fsp3) is 0.381. The molecule has 4 atom stereocenters. The molecule has 0 saturated carbocycles. The van der Waals surface area contributed by atoms with E-state index in [9.17, 15) is 9.90 Å². The number of carbonyl (C=O) groups excluding carboxylic acids is 1. The Morgan fingerprint density at radius 1 is 1.04 bits per heavy atom. The Hall–Kier alpha value is -2.41. The SMILES string of the molecule is O=C(OCc1ccccc1)N1C[C@@H](OCc2ccccc2)[C@H]2OC[C@H](O)[C@H]21. The zero-order chi connectivity index (χ0) is 18.6. The normalized spacial score (nSPS) is 26.8. The average molecular weight is 369 g/mol. The number of rotatable bonds is 5. The van der Waals surface area contributed by atoms with Crippen molar-refractivity contribution in [2.45, 2.75) is 37.6 Å². The lowest BCUT2D eigenvalue weighted by molar-refractivity contribution is -0.0397. The molecule has 1 N–H and O–H groups in total. The number of benzene rings is 2. The molecule has 2 heterocycles. The van der Waals surface area contributed by atoms with Crippen LogP contribution in [0.2, 0.25) is 0 Å². The van der Waals surface area contributed by atoms with Crippen LogP contribution in [-0.2, 0) is 27.4 Å². The zero-order valence-corrected chi connectivity index (χ0v) is 14.9. The standard InChI is InChI=1S/C21H23NO5/c23-17-14-26-20-18(25-12-15-7-3-1-4-8-15)11-22(19(17)20)21(24)27-13-16-9-5-2-6-10-16/h1-10,17-20,23H,11-14H2/t17-,18+,19+,20+/m0/s1. The van der Waals surface area contributed by atoms with Gasteiger partial charge in [-0.05, 0) is 11.1 Å². The van der Waals surface area contributed by atoms with E-state index in [0.717, 1.165) is 11.1 Å². The van der Waals surface area contributed by atoms with E-state index in [2.05, 4.69) is 0 Å². The van der Waals surface area contributed by atoms with Crippen LogP contribution in [0.3, 0.4) is 0 Å². The van der Waals surface area contributed by atoms with Crippen molar-refractivity contribution in [1.82, 2.24) is 4.90 Å². The van der Waals surface area contributed by atoms with E-state index in [1.165, 1.54) is 0 Å². The van der Waals surface area contributed by atoms with Crippen LogP contribution < -0.4 is 0 Å². The molecular weight excluding hydrogens is 346 g/mol. The lowest BCUT2D eigenvalue weighted by Crippen LogP contribution is -2.44. The Bertz CT molecular complexity index is 754. The highest BCUT2D eigenvalue weighted by molar-refractivity contribution is 5.69. The van der Waals surface area contributed by atoms with Crippen LogP contribution in [0, 0.1) is 0 Å². The number of likely N-dealkylation sites (tertiary alicyclic amines) is 1. The van der Waals surface area contributed by atoms with Gasteiger partial charge in [0.05, 0.1) is 25.8 Å². The zero-order valence-electron chi connectivity index (χ0n) is 14.9. The summed E-state index contributed by atoms with van der Waals surface area (Å²) in [5.74, 6) is 0. The molecule has 2 aromatic carbocycles. The van der Waals surface area contributed by atoms with Gasteiger partial charge in [0.25, 0.3) is 0 Å². The van der Waals surface area contributed by atoms with E-state index in [4.69, 9.17) is 14.2 Å². The van der Waals surface area contributed by atoms with Crippen LogP contribution in [0.4, 0.5) is 4.79 Å². The van der Waals surface area contributed by atoms with E-state index >= 15 is 0 Å². The van der Waals surface area contributed by atoms with E-state index in [1.54, 1.807) is 4.90 Å². The highest BCUT2D eigenvalue weighted by Gasteiger charge is 2.53. The second-order valence-corrected chi connectivity index (χ2v) is 6.88. The van der Waals surface area contributed by atoms with Crippen molar-refractivity contribution in [3.63, 3.8) is 0 Å². The van der Waals surface area contributed by atoms with Crippen LogP contribution in [0.15, 0.2) is 60.7 Å². The Morgan fingerprint density at radius 2 is 1.67 bits per heavy atom. The molecule has 2 saturated heterocycles. The third-order valence-electron chi connectivity index (χ3n) is 5.04. The summed E-state index contributed by atoms with van der Waals surface area (Å²) in [4.78, 5) is 14.2. The smallest absolute Gasteiger partial charge is 0.410 e. The molecule has 0 unspecified atom stereocenters. The topological polar surface area (TPSA) is 68.2 Å². The molecule has 0 radical (unpaired) electrons. The summed E-state index contributed by atoms with van der Waals surface area (Å²) in [6.45, 7) is 1.16. The molecule has 0 bridgehead atoms. The molecule has 6 heteroatoms. The fourth-order valence-corrected chi connectivity index (χ4v) is 3.68. The predicted octanol–water partition coefficient (Wildman–Crippen LogP) is 2.35. The summed E-state index contributed by atoms with van der Waals surface area (Å²) < 4.78 is 17.2. The first kappa shape index (κ1) is 18.0. The number of nitrogens with zero attached hydrogens (tertiary/aromatic N) is 1. The van der Waals surface area contributed by atoms with E-state index in [-0.39, 0.29) is 25.4 Å². The second kappa shape index (κ2) is 8.08. The molecule has 0 aromatic heterocycles. The molecule has 2 aromatic rings. The molecule has 0 aliphatic carbocycles. The Labute approximate surface area is 158 Å². The number of amides is 1. The summed E-state index contributed by atoms with van der Waals surface area (Å²) in [5, 5.41) is 10.3. The largest absolute Gasteiger partial charge is 0.445 e. The fourth-order valence-electron chi connectivity index (χ4n) is 3.68. The molecule has 4 rings (SSSR count). The summed E-state index contributed by atoms with van der Waals surface area (Å²) in [5.41, 5.74) is 1.97. The number of ether oxygens (including phenoxy) is 3. The molecule has 142 valence electrons. The van der Waals surface area contributed by atoms with Gasteiger partial charge in [-0.2, -0.15) is 0 Å². The summed E-state index contributed by atoms with van der Waals surface area (Å²) in [6, 6.07) is 18.9. The monoisotopic (exact) mass is 369 g/mol. The van der Waals surface area contributed by atoms with E-state index in [0.29, 0.717) is 13.2 Å². The highest BCUT2D eigenvalue weighted by Crippen LogP contribution is 2.32. The van der Waals surface area contributed by atoms with Crippen LogP contribution in [0.25, 0.3) is 0 Å². The summed E-state index contributed by atoms with van der Waals surface area (Å²) >= 11 is 0. The van der Waals surface area contributed by atoms with Gasteiger partial charge in [0.15, 0.2) is 0 Å². The molecule has 6 nitrogen and oxygen atoms in total. The van der Waals surface area contributed by atoms with Crippen molar-refractivity contribution in [3.8, 4) is 0 Å². The number of carbonyl (C=O) groups is 1. The Balaban J connectivity index is 1.39. The van der Waals surface area contributed by atoms with Gasteiger partial charge in [-0.15, -0.1) is 0 Å². The van der Waals surface area contributed by atoms with Crippen molar-refractivity contribution in [2.75, 3.05) is 13.2 Å². The second-order valence-electron chi connectivity index (χ2n) is 6.88. The first-order valence-corrected chi connectivity index (χ1v) is 9.15. The van der Waals surface area contributed by atoms with Gasteiger partial charge in [0.2, 0.25) is 0 Å². The number of hydrogen-bond acceptors (Lipinski definition) is 5. The van der Waals surface area contributed by atoms with Crippen molar-refractivity contribution in [3.05, 3.63) is 71.8 Å². The van der Waals surface area contributed by atoms with Gasteiger partial charge in [0.1, 0.15) is 24.9 Å². The lowest BCUT2D eigenvalue weighted by Gasteiger charge is -2.24. The average Bonchev–Trinajstić information content (AvgIpc) is 3.27.